The fourth-order valence-electron chi connectivity index (χ4n) is 9.50. The number of hydrogen-bond acceptors (Lipinski definition) is 6. The molecule has 0 rings (SSSR count). The van der Waals surface area contributed by atoms with Crippen molar-refractivity contribution in [3.63, 3.8) is 0 Å². The molecule has 0 aromatic heterocycles. The zero-order chi connectivity index (χ0) is 57.1. The SMILES string of the molecule is CC/C=C\C/C=C\C/C=C\C/C=C\CCCCCCCCCCCCCCCCCCC(=O)OCC(COC(=O)CCCCCCC/C=C\CCCCCC)OC(=O)CCCCCCCC/C=C\C/C=C\C/C=C\CCCCC. The summed E-state index contributed by atoms with van der Waals surface area (Å²) in [5.74, 6) is -0.892. The van der Waals surface area contributed by atoms with Crippen LogP contribution in [0.3, 0.4) is 0 Å². The van der Waals surface area contributed by atoms with E-state index >= 15 is 0 Å². The molecule has 1 atom stereocenters. The van der Waals surface area contributed by atoms with Gasteiger partial charge in [0.05, 0.1) is 0 Å². The second kappa shape index (κ2) is 66.8. The highest BCUT2D eigenvalue weighted by Crippen LogP contribution is 2.17. The first-order chi connectivity index (χ1) is 39.0. The number of unbranched alkanes of at least 4 members (excludes halogenated alkanes) is 34. The van der Waals surface area contributed by atoms with E-state index in [0.29, 0.717) is 19.3 Å². The molecule has 0 aliphatic rings. The number of esters is 3. The molecule has 0 heterocycles. The van der Waals surface area contributed by atoms with Gasteiger partial charge in [-0.25, -0.2) is 0 Å². The summed E-state index contributed by atoms with van der Waals surface area (Å²) >= 11 is 0. The van der Waals surface area contributed by atoms with Gasteiger partial charge in [-0.1, -0.05) is 285 Å². The van der Waals surface area contributed by atoms with Gasteiger partial charge in [0.1, 0.15) is 13.2 Å². The van der Waals surface area contributed by atoms with Crippen LogP contribution >= 0.6 is 0 Å². The predicted molar refractivity (Wildman–Crippen MR) is 344 cm³/mol. The lowest BCUT2D eigenvalue weighted by Gasteiger charge is -2.18. The number of allylic oxidation sites excluding steroid dienone is 16. The van der Waals surface area contributed by atoms with E-state index in [4.69, 9.17) is 14.2 Å². The first-order valence-electron chi connectivity index (χ1n) is 33.7. The Morgan fingerprint density at radius 3 is 0.810 bits per heavy atom. The Hall–Kier alpha value is -3.67. The maximum Gasteiger partial charge on any atom is 0.306 e. The largest absolute Gasteiger partial charge is 0.462 e. The topological polar surface area (TPSA) is 78.9 Å². The van der Waals surface area contributed by atoms with E-state index in [-0.39, 0.29) is 31.1 Å². The Morgan fingerprint density at radius 2 is 0.494 bits per heavy atom. The molecule has 6 heteroatoms. The van der Waals surface area contributed by atoms with Crippen molar-refractivity contribution < 1.29 is 28.6 Å². The van der Waals surface area contributed by atoms with Crippen LogP contribution in [-0.4, -0.2) is 37.2 Å². The average molecular weight is 1100 g/mol. The predicted octanol–water partition coefficient (Wildman–Crippen LogP) is 23.2. The van der Waals surface area contributed by atoms with E-state index in [1.54, 1.807) is 0 Å². The highest BCUT2D eigenvalue weighted by atomic mass is 16.6. The molecular weight excluding hydrogens is 973 g/mol. The van der Waals surface area contributed by atoms with Crippen LogP contribution in [0.25, 0.3) is 0 Å². The summed E-state index contributed by atoms with van der Waals surface area (Å²) in [6, 6.07) is 0. The number of ether oxygens (including phenoxy) is 3. The molecular formula is C73H126O6. The lowest BCUT2D eigenvalue weighted by molar-refractivity contribution is -0.167. The van der Waals surface area contributed by atoms with Crippen molar-refractivity contribution in [1.29, 1.82) is 0 Å². The molecule has 6 nitrogen and oxygen atoms in total. The van der Waals surface area contributed by atoms with Crippen LogP contribution in [-0.2, 0) is 28.6 Å². The van der Waals surface area contributed by atoms with Crippen molar-refractivity contribution in [1.82, 2.24) is 0 Å². The number of rotatable bonds is 61. The zero-order valence-corrected chi connectivity index (χ0v) is 52.1. The fraction of sp³-hybridized carbons (Fsp3) is 0.740. The van der Waals surface area contributed by atoms with Crippen LogP contribution in [0.1, 0.15) is 329 Å². The van der Waals surface area contributed by atoms with Crippen LogP contribution in [0.15, 0.2) is 97.2 Å². The molecule has 454 valence electrons. The summed E-state index contributed by atoms with van der Waals surface area (Å²) in [6.07, 6.45) is 89.9. The van der Waals surface area contributed by atoms with Crippen molar-refractivity contribution in [2.24, 2.45) is 0 Å². The third-order valence-corrected chi connectivity index (χ3v) is 14.5. The van der Waals surface area contributed by atoms with Crippen molar-refractivity contribution in [2.75, 3.05) is 13.2 Å². The molecule has 0 aromatic carbocycles. The summed E-state index contributed by atoms with van der Waals surface area (Å²) in [6.45, 7) is 6.50. The Morgan fingerprint density at radius 1 is 0.266 bits per heavy atom. The van der Waals surface area contributed by atoms with Gasteiger partial charge >= 0.3 is 17.9 Å². The Labute approximate surface area is 489 Å². The van der Waals surface area contributed by atoms with Gasteiger partial charge in [0.2, 0.25) is 0 Å². The quantitative estimate of drug-likeness (QED) is 0.0261. The molecule has 0 aliphatic carbocycles. The second-order valence-corrected chi connectivity index (χ2v) is 22.3. The monoisotopic (exact) mass is 1100 g/mol. The van der Waals surface area contributed by atoms with Gasteiger partial charge in [0.15, 0.2) is 6.10 Å². The summed E-state index contributed by atoms with van der Waals surface area (Å²) in [7, 11) is 0. The Balaban J connectivity index is 4.26. The van der Waals surface area contributed by atoms with Crippen molar-refractivity contribution in [2.45, 2.75) is 335 Å². The zero-order valence-electron chi connectivity index (χ0n) is 52.1. The molecule has 0 amide bonds. The van der Waals surface area contributed by atoms with Crippen molar-refractivity contribution in [3.05, 3.63) is 97.2 Å². The van der Waals surface area contributed by atoms with Crippen molar-refractivity contribution >= 4 is 17.9 Å². The fourth-order valence-corrected chi connectivity index (χ4v) is 9.50. The van der Waals surface area contributed by atoms with E-state index in [1.165, 1.54) is 173 Å². The van der Waals surface area contributed by atoms with Gasteiger partial charge < -0.3 is 14.2 Å². The Bertz CT molecular complexity index is 1540. The molecule has 0 N–H and O–H groups in total. The molecule has 0 saturated heterocycles. The third-order valence-electron chi connectivity index (χ3n) is 14.5. The Kier molecular flexibility index (Phi) is 63.7. The molecule has 0 spiro atoms. The minimum Gasteiger partial charge on any atom is -0.462 e. The molecule has 0 saturated carbocycles. The molecule has 79 heavy (non-hydrogen) atoms. The summed E-state index contributed by atoms with van der Waals surface area (Å²) in [4.78, 5) is 38.3. The average Bonchev–Trinajstić information content (AvgIpc) is 3.45. The van der Waals surface area contributed by atoms with Gasteiger partial charge in [-0.2, -0.15) is 0 Å². The van der Waals surface area contributed by atoms with Gasteiger partial charge in [0, 0.05) is 19.3 Å². The molecule has 0 bridgehead atoms. The van der Waals surface area contributed by atoms with Crippen LogP contribution in [0.2, 0.25) is 0 Å². The van der Waals surface area contributed by atoms with E-state index in [2.05, 4.69) is 118 Å². The summed E-state index contributed by atoms with van der Waals surface area (Å²) in [5.41, 5.74) is 0. The van der Waals surface area contributed by atoms with Gasteiger partial charge in [0.25, 0.3) is 0 Å². The normalized spacial score (nSPS) is 12.7. The van der Waals surface area contributed by atoms with Crippen LogP contribution in [0.4, 0.5) is 0 Å². The summed E-state index contributed by atoms with van der Waals surface area (Å²) < 4.78 is 16.9. The van der Waals surface area contributed by atoms with Crippen LogP contribution in [0.5, 0.6) is 0 Å². The number of hydrogen-bond donors (Lipinski definition) is 0. The minimum absolute atomic E-state index is 0.0833. The molecule has 0 aliphatic heterocycles. The molecule has 0 aromatic rings. The highest BCUT2D eigenvalue weighted by molar-refractivity contribution is 5.71. The van der Waals surface area contributed by atoms with Crippen molar-refractivity contribution in [3.8, 4) is 0 Å². The number of carbonyl (C=O) groups excluding carboxylic acids is 3. The maximum atomic E-state index is 12.9. The highest BCUT2D eigenvalue weighted by Gasteiger charge is 2.19. The second-order valence-electron chi connectivity index (χ2n) is 22.3. The lowest BCUT2D eigenvalue weighted by Crippen LogP contribution is -2.30. The van der Waals surface area contributed by atoms with E-state index in [1.807, 2.05) is 0 Å². The van der Waals surface area contributed by atoms with Gasteiger partial charge in [-0.15, -0.1) is 0 Å². The van der Waals surface area contributed by atoms with E-state index in [0.717, 1.165) is 116 Å². The van der Waals surface area contributed by atoms with Gasteiger partial charge in [-0.05, 0) is 122 Å². The molecule has 0 fully saturated rings. The van der Waals surface area contributed by atoms with E-state index in [9.17, 15) is 14.4 Å². The third kappa shape index (κ3) is 65.0. The van der Waals surface area contributed by atoms with Crippen LogP contribution < -0.4 is 0 Å². The first-order valence-corrected chi connectivity index (χ1v) is 33.7. The lowest BCUT2D eigenvalue weighted by atomic mass is 10.0. The maximum absolute atomic E-state index is 12.9. The molecule has 1 unspecified atom stereocenters. The van der Waals surface area contributed by atoms with Crippen LogP contribution in [0, 0.1) is 0 Å². The minimum atomic E-state index is -0.788. The summed E-state index contributed by atoms with van der Waals surface area (Å²) in [5, 5.41) is 0. The number of carbonyl (C=O) groups is 3. The van der Waals surface area contributed by atoms with E-state index < -0.39 is 6.10 Å². The molecule has 0 radical (unpaired) electrons. The standard InChI is InChI=1S/C73H126O6/c1-4-7-10-13-16-19-22-25-27-29-31-32-33-34-35-36-37-38-39-40-42-43-45-48-51-54-57-60-63-66-72(75)78-69-70(68-77-71(74)65-62-59-56-53-50-47-24-21-18-15-12-9-6-3)79-73(76)67-64-61-58-55-52-49-46-44-41-30-28-26-23-20-17-14-11-8-5-2/h7,10,16-17,19-21,24-28,31-32,41,44,70H,4-6,8-9,11-15,18,22-23,29-30,33-40,42-43,45-69H2,1-3H3/b10-7-,19-16-,20-17-,24-21-,27-25-,28-26-,32-31-,44-41-. The van der Waals surface area contributed by atoms with Gasteiger partial charge in [-0.3, -0.25) is 14.4 Å². The first kappa shape index (κ1) is 75.3. The smallest absolute Gasteiger partial charge is 0.306 e.